The fourth-order valence-electron chi connectivity index (χ4n) is 2.82. The maximum atomic E-state index is 13.1. The first-order valence-corrected chi connectivity index (χ1v) is 7.71. The summed E-state index contributed by atoms with van der Waals surface area (Å²) in [7, 11) is 0. The van der Waals surface area contributed by atoms with Crippen LogP contribution in [0.25, 0.3) is 0 Å². The molecule has 0 aromatic carbocycles. The van der Waals surface area contributed by atoms with Gasteiger partial charge in [-0.2, -0.15) is 0 Å². The van der Waals surface area contributed by atoms with Crippen molar-refractivity contribution >= 4 is 35.0 Å². The van der Waals surface area contributed by atoms with E-state index in [-0.39, 0.29) is 47.1 Å². The van der Waals surface area contributed by atoms with Crippen molar-refractivity contribution in [3.63, 3.8) is 0 Å². The number of aromatic nitrogens is 2. The van der Waals surface area contributed by atoms with E-state index in [1.54, 1.807) is 0 Å². The molecule has 0 saturated heterocycles. The van der Waals surface area contributed by atoms with Gasteiger partial charge in [-0.05, 0) is 24.6 Å². The molecule has 0 radical (unpaired) electrons. The molecule has 2 heterocycles. The molecular weight excluding hydrogens is 340 g/mol. The normalized spacial score (nSPS) is 13.8. The number of nitrogen functional groups attached to an aromatic ring is 2. The summed E-state index contributed by atoms with van der Waals surface area (Å²) in [5, 5.41) is 9.31. The lowest BCUT2D eigenvalue weighted by molar-refractivity contribution is 0.0692. The molecule has 132 valence electrons. The van der Waals surface area contributed by atoms with E-state index in [2.05, 4.69) is 9.97 Å². The van der Waals surface area contributed by atoms with Crippen molar-refractivity contribution in [3.8, 4) is 0 Å². The summed E-state index contributed by atoms with van der Waals surface area (Å²) in [4.78, 5) is 57.0. The highest BCUT2D eigenvalue weighted by Crippen LogP contribution is 2.27. The summed E-state index contributed by atoms with van der Waals surface area (Å²) in [6.45, 7) is 0. The largest absolute Gasteiger partial charge is 0.478 e. The molecule has 0 fully saturated rings. The number of ketones is 3. The van der Waals surface area contributed by atoms with Crippen LogP contribution in [0.2, 0.25) is 0 Å². The minimum atomic E-state index is -1.39. The Kier molecular flexibility index (Phi) is 4.21. The van der Waals surface area contributed by atoms with E-state index in [1.165, 1.54) is 12.1 Å². The highest BCUT2D eigenvalue weighted by molar-refractivity contribution is 6.22. The maximum Gasteiger partial charge on any atom is 0.338 e. The Morgan fingerprint density at radius 2 is 1.69 bits per heavy atom. The Balaban J connectivity index is 2.31. The monoisotopic (exact) mass is 354 g/mol. The zero-order chi connectivity index (χ0) is 19.0. The number of carboxylic acid groups (broad SMARTS) is 1. The lowest BCUT2D eigenvalue weighted by Gasteiger charge is -2.16. The number of nitrogens with two attached hydrogens (primary N) is 2. The lowest BCUT2D eigenvalue weighted by Crippen LogP contribution is -2.23. The molecule has 0 saturated carbocycles. The third-order valence-electron chi connectivity index (χ3n) is 4.00. The van der Waals surface area contributed by atoms with Crippen molar-refractivity contribution in [2.24, 2.45) is 0 Å². The first-order chi connectivity index (χ1) is 12.3. The van der Waals surface area contributed by atoms with Crippen molar-refractivity contribution in [1.82, 2.24) is 9.97 Å². The van der Waals surface area contributed by atoms with Gasteiger partial charge in [0.25, 0.3) is 0 Å². The zero-order valence-corrected chi connectivity index (χ0v) is 13.5. The van der Waals surface area contributed by atoms with Crippen molar-refractivity contribution in [1.29, 1.82) is 0 Å². The number of nitrogens with zero attached hydrogens (tertiary/aromatic N) is 2. The number of hydrogen-bond donors (Lipinski definition) is 3. The van der Waals surface area contributed by atoms with Gasteiger partial charge in [0.05, 0.1) is 11.1 Å². The van der Waals surface area contributed by atoms with E-state index in [0.29, 0.717) is 6.42 Å². The van der Waals surface area contributed by atoms with Gasteiger partial charge in [0, 0.05) is 18.4 Å². The van der Waals surface area contributed by atoms with Crippen LogP contribution in [0.1, 0.15) is 66.5 Å². The van der Waals surface area contributed by atoms with E-state index in [9.17, 15) is 24.3 Å². The standard InChI is InChI=1S/C17H14N4O5/c18-11-5-4-7(17(25)26)14(20-11)16(24)13-8-6-12(19)21-15(13)10(23)3-1-2-9(8)22/h4-6H,1-3H2,(H2,18,20)(H2,19,21)(H,25,26). The Bertz CT molecular complexity index is 946. The minimum absolute atomic E-state index is 0.0259. The predicted molar refractivity (Wildman–Crippen MR) is 90.2 cm³/mol. The maximum absolute atomic E-state index is 13.1. The highest BCUT2D eigenvalue weighted by Gasteiger charge is 2.32. The summed E-state index contributed by atoms with van der Waals surface area (Å²) in [6, 6.07) is 3.59. The van der Waals surface area contributed by atoms with Gasteiger partial charge >= 0.3 is 5.97 Å². The molecule has 0 atom stereocenters. The third-order valence-corrected chi connectivity index (χ3v) is 4.00. The SMILES string of the molecule is Nc1ccc(C(=O)O)c(C(=O)c2c3cc(N)nc2C(=O)CCCC3=O)n1. The first kappa shape index (κ1) is 17.2. The van der Waals surface area contributed by atoms with Crippen molar-refractivity contribution in [3.05, 3.63) is 46.3 Å². The molecule has 0 spiro atoms. The Labute approximate surface area is 147 Å². The van der Waals surface area contributed by atoms with Crippen LogP contribution in [0, 0.1) is 0 Å². The molecule has 2 bridgehead atoms. The molecule has 1 aliphatic carbocycles. The van der Waals surface area contributed by atoms with E-state index in [4.69, 9.17) is 11.5 Å². The van der Waals surface area contributed by atoms with Gasteiger partial charge in [-0.15, -0.1) is 0 Å². The molecule has 0 unspecified atom stereocenters. The summed E-state index contributed by atoms with van der Waals surface area (Å²) in [5.74, 6) is -3.27. The molecule has 2 aromatic heterocycles. The number of fused-ring (bicyclic) bond motifs is 2. The number of carbonyl (C=O) groups excluding carboxylic acids is 3. The van der Waals surface area contributed by atoms with Crippen LogP contribution in [0.3, 0.4) is 0 Å². The van der Waals surface area contributed by atoms with Gasteiger partial charge in [0.15, 0.2) is 11.6 Å². The molecule has 0 aliphatic heterocycles. The van der Waals surface area contributed by atoms with Crippen LogP contribution < -0.4 is 11.5 Å². The fourth-order valence-corrected chi connectivity index (χ4v) is 2.82. The van der Waals surface area contributed by atoms with Crippen LogP contribution in [-0.4, -0.2) is 38.4 Å². The average molecular weight is 354 g/mol. The van der Waals surface area contributed by atoms with Crippen LogP contribution in [-0.2, 0) is 0 Å². The van der Waals surface area contributed by atoms with Crippen molar-refractivity contribution < 1.29 is 24.3 Å². The lowest BCUT2D eigenvalue weighted by atomic mass is 9.88. The van der Waals surface area contributed by atoms with Gasteiger partial charge in [0.2, 0.25) is 5.78 Å². The van der Waals surface area contributed by atoms with Crippen molar-refractivity contribution in [2.75, 3.05) is 11.5 Å². The molecule has 0 amide bonds. The molecule has 9 heteroatoms. The summed E-state index contributed by atoms with van der Waals surface area (Å²) < 4.78 is 0. The Morgan fingerprint density at radius 3 is 2.38 bits per heavy atom. The molecule has 26 heavy (non-hydrogen) atoms. The third kappa shape index (κ3) is 2.90. The molecule has 1 aliphatic rings. The van der Waals surface area contributed by atoms with E-state index < -0.39 is 28.8 Å². The van der Waals surface area contributed by atoms with Gasteiger partial charge in [-0.1, -0.05) is 0 Å². The fraction of sp³-hybridized carbons (Fsp3) is 0.176. The molecule has 9 nitrogen and oxygen atoms in total. The number of rotatable bonds is 3. The number of pyridine rings is 2. The first-order valence-electron chi connectivity index (χ1n) is 7.71. The number of carboxylic acids is 1. The van der Waals surface area contributed by atoms with E-state index >= 15 is 0 Å². The number of Topliss-reactive ketones (excluding diaryl/α,β-unsaturated/α-hetero) is 2. The molecule has 2 aromatic rings. The molecule has 3 rings (SSSR count). The zero-order valence-electron chi connectivity index (χ0n) is 13.5. The summed E-state index contributed by atoms with van der Waals surface area (Å²) in [5.41, 5.74) is 9.79. The van der Waals surface area contributed by atoms with Gasteiger partial charge in [-0.3, -0.25) is 14.4 Å². The van der Waals surface area contributed by atoms with Gasteiger partial charge in [-0.25, -0.2) is 14.8 Å². The van der Waals surface area contributed by atoms with E-state index in [0.717, 1.165) is 6.07 Å². The second-order valence-corrected chi connectivity index (χ2v) is 5.78. The van der Waals surface area contributed by atoms with Crippen molar-refractivity contribution in [2.45, 2.75) is 19.3 Å². The topological polar surface area (TPSA) is 166 Å². The predicted octanol–water partition coefficient (Wildman–Crippen LogP) is 1.12. The number of carbonyl (C=O) groups is 4. The minimum Gasteiger partial charge on any atom is -0.478 e. The average Bonchev–Trinajstić information content (AvgIpc) is 2.59. The quantitative estimate of drug-likeness (QED) is 0.684. The number of anilines is 2. The molecule has 5 N–H and O–H groups in total. The smallest absolute Gasteiger partial charge is 0.338 e. The number of aromatic carboxylic acids is 1. The second-order valence-electron chi connectivity index (χ2n) is 5.78. The highest BCUT2D eigenvalue weighted by atomic mass is 16.4. The van der Waals surface area contributed by atoms with Gasteiger partial charge in [0.1, 0.15) is 23.0 Å². The van der Waals surface area contributed by atoms with Crippen LogP contribution in [0.15, 0.2) is 18.2 Å². The van der Waals surface area contributed by atoms with Crippen LogP contribution in [0.4, 0.5) is 11.6 Å². The van der Waals surface area contributed by atoms with Crippen LogP contribution >= 0.6 is 0 Å². The Morgan fingerprint density at radius 1 is 1.00 bits per heavy atom. The second kappa shape index (κ2) is 6.36. The van der Waals surface area contributed by atoms with E-state index in [1.807, 2.05) is 0 Å². The van der Waals surface area contributed by atoms with Gasteiger partial charge < -0.3 is 16.6 Å². The van der Waals surface area contributed by atoms with Crippen LogP contribution in [0.5, 0.6) is 0 Å². The Hall–Kier alpha value is -3.62. The summed E-state index contributed by atoms with van der Waals surface area (Å²) in [6.07, 6.45) is 0.412. The summed E-state index contributed by atoms with van der Waals surface area (Å²) >= 11 is 0. The molecular formula is C17H14N4O5. The number of hydrogen-bond acceptors (Lipinski definition) is 8.